The lowest BCUT2D eigenvalue weighted by Gasteiger charge is -2.23. The zero-order valence-corrected chi connectivity index (χ0v) is 17.4. The molecule has 5 rings (SSSR count). The van der Waals surface area contributed by atoms with E-state index in [0.717, 1.165) is 5.56 Å². The Morgan fingerprint density at radius 2 is 1.81 bits per heavy atom. The molecule has 0 fully saturated rings. The second-order valence-corrected chi connectivity index (χ2v) is 7.78. The Hall–Kier alpha value is -3.84. The van der Waals surface area contributed by atoms with E-state index in [0.29, 0.717) is 34.1 Å². The third kappa shape index (κ3) is 3.27. The van der Waals surface area contributed by atoms with Gasteiger partial charge in [-0.05, 0) is 48.0 Å². The number of nitrogens with zero attached hydrogens (tertiary/aromatic N) is 1. The van der Waals surface area contributed by atoms with Gasteiger partial charge in [0.15, 0.2) is 22.9 Å². The van der Waals surface area contributed by atoms with Crippen LogP contribution in [0, 0.1) is 0 Å². The number of methoxy groups -OCH3 is 1. The summed E-state index contributed by atoms with van der Waals surface area (Å²) in [5.74, 6) is 1.04. The molecular weight excluding hydrogens is 410 g/mol. The Balaban J connectivity index is 1.44. The number of benzene rings is 3. The van der Waals surface area contributed by atoms with Crippen molar-refractivity contribution >= 4 is 17.4 Å². The molecule has 1 N–H and O–H groups in total. The standard InChI is InChI=1S/C25H21NO6/c1-30-18-9-7-17(8-10-18)21(27)13-25(29)19-4-2-3-5-20(19)26(24(25)28)14-16-6-11-22-23(12-16)32-15-31-22/h2-12,29H,13-15H2,1H3/t25-/m0/s1. The minimum Gasteiger partial charge on any atom is -0.497 e. The molecule has 0 bridgehead atoms. The molecule has 0 saturated heterocycles. The number of fused-ring (bicyclic) bond motifs is 2. The van der Waals surface area contributed by atoms with Gasteiger partial charge < -0.3 is 24.2 Å². The lowest BCUT2D eigenvalue weighted by Crippen LogP contribution is -2.41. The maximum absolute atomic E-state index is 13.4. The summed E-state index contributed by atoms with van der Waals surface area (Å²) < 4.78 is 15.9. The van der Waals surface area contributed by atoms with Crippen molar-refractivity contribution in [2.75, 3.05) is 18.8 Å². The number of hydrogen-bond acceptors (Lipinski definition) is 6. The molecule has 7 heteroatoms. The predicted octanol–water partition coefficient (Wildman–Crippen LogP) is 3.43. The van der Waals surface area contributed by atoms with Crippen molar-refractivity contribution in [1.82, 2.24) is 0 Å². The number of hydrogen-bond donors (Lipinski definition) is 1. The first kappa shape index (κ1) is 20.1. The first-order valence-electron chi connectivity index (χ1n) is 10.2. The fourth-order valence-electron chi connectivity index (χ4n) is 4.17. The Morgan fingerprint density at radius 3 is 2.59 bits per heavy atom. The molecule has 3 aromatic carbocycles. The van der Waals surface area contributed by atoms with Crippen molar-refractivity contribution in [3.63, 3.8) is 0 Å². The SMILES string of the molecule is COc1ccc(C(=O)C[C@@]2(O)C(=O)N(Cc3ccc4c(c3)OCO4)c3ccccc32)cc1. The van der Waals surface area contributed by atoms with Gasteiger partial charge in [0.25, 0.3) is 5.91 Å². The first-order chi connectivity index (χ1) is 15.5. The Kier molecular flexibility index (Phi) is 4.83. The number of para-hydroxylation sites is 1. The van der Waals surface area contributed by atoms with Gasteiger partial charge in [0.05, 0.1) is 25.8 Å². The summed E-state index contributed by atoms with van der Waals surface area (Å²) in [5.41, 5.74) is 0.291. The maximum atomic E-state index is 13.4. The number of rotatable bonds is 6. The monoisotopic (exact) mass is 431 g/mol. The van der Waals surface area contributed by atoms with Crippen molar-refractivity contribution in [2.24, 2.45) is 0 Å². The summed E-state index contributed by atoms with van der Waals surface area (Å²) in [7, 11) is 1.54. The van der Waals surface area contributed by atoms with Crippen LogP contribution in [0.25, 0.3) is 0 Å². The third-order valence-corrected chi connectivity index (χ3v) is 5.85. The number of carbonyl (C=O) groups excluding carboxylic acids is 2. The first-order valence-corrected chi connectivity index (χ1v) is 10.2. The molecule has 32 heavy (non-hydrogen) atoms. The van der Waals surface area contributed by atoms with Crippen LogP contribution in [0.2, 0.25) is 0 Å². The molecule has 0 unspecified atom stereocenters. The number of amides is 1. The van der Waals surface area contributed by atoms with Crippen LogP contribution in [0.5, 0.6) is 17.2 Å². The number of anilines is 1. The van der Waals surface area contributed by atoms with Gasteiger partial charge >= 0.3 is 0 Å². The lowest BCUT2D eigenvalue weighted by atomic mass is 9.88. The second kappa shape index (κ2) is 7.69. The van der Waals surface area contributed by atoms with E-state index < -0.39 is 11.5 Å². The highest BCUT2D eigenvalue weighted by atomic mass is 16.7. The highest BCUT2D eigenvalue weighted by Gasteiger charge is 2.50. The van der Waals surface area contributed by atoms with Crippen molar-refractivity contribution in [1.29, 1.82) is 0 Å². The summed E-state index contributed by atoms with van der Waals surface area (Å²) >= 11 is 0. The van der Waals surface area contributed by atoms with Gasteiger partial charge in [0, 0.05) is 11.1 Å². The quantitative estimate of drug-likeness (QED) is 0.602. The van der Waals surface area contributed by atoms with Crippen LogP contribution < -0.4 is 19.1 Å². The number of ketones is 1. The van der Waals surface area contributed by atoms with Crippen LogP contribution in [0.15, 0.2) is 66.7 Å². The molecule has 0 aromatic heterocycles. The van der Waals surface area contributed by atoms with E-state index in [2.05, 4.69) is 0 Å². The van der Waals surface area contributed by atoms with Crippen molar-refractivity contribution < 1.29 is 28.9 Å². The van der Waals surface area contributed by atoms with E-state index in [-0.39, 0.29) is 25.5 Å². The Labute approximate surface area is 184 Å². The summed E-state index contributed by atoms with van der Waals surface area (Å²) in [5, 5.41) is 11.5. The fraction of sp³-hybridized carbons (Fsp3) is 0.200. The van der Waals surface area contributed by atoms with Gasteiger partial charge in [-0.15, -0.1) is 0 Å². The molecule has 2 aliphatic rings. The summed E-state index contributed by atoms with van der Waals surface area (Å²) in [4.78, 5) is 27.9. The number of carbonyl (C=O) groups is 2. The largest absolute Gasteiger partial charge is 0.497 e. The second-order valence-electron chi connectivity index (χ2n) is 7.78. The van der Waals surface area contributed by atoms with Gasteiger partial charge in [-0.25, -0.2) is 0 Å². The number of ether oxygens (including phenoxy) is 3. The van der Waals surface area contributed by atoms with Crippen molar-refractivity contribution in [2.45, 2.75) is 18.6 Å². The zero-order valence-electron chi connectivity index (χ0n) is 17.4. The average molecular weight is 431 g/mol. The van der Waals surface area contributed by atoms with Crippen LogP contribution in [-0.2, 0) is 16.9 Å². The summed E-state index contributed by atoms with van der Waals surface area (Å²) in [6.07, 6.45) is -0.354. The highest BCUT2D eigenvalue weighted by Crippen LogP contribution is 2.44. The zero-order chi connectivity index (χ0) is 22.3. The molecule has 3 aromatic rings. The van der Waals surface area contributed by atoms with E-state index in [4.69, 9.17) is 14.2 Å². The van der Waals surface area contributed by atoms with Crippen LogP contribution >= 0.6 is 0 Å². The molecule has 7 nitrogen and oxygen atoms in total. The van der Waals surface area contributed by atoms with Gasteiger partial charge in [0.2, 0.25) is 6.79 Å². The number of aliphatic hydroxyl groups is 1. The van der Waals surface area contributed by atoms with E-state index in [1.165, 1.54) is 4.90 Å². The molecular formula is C25H21NO6. The van der Waals surface area contributed by atoms with E-state index >= 15 is 0 Å². The van der Waals surface area contributed by atoms with E-state index in [1.54, 1.807) is 61.7 Å². The Morgan fingerprint density at radius 1 is 1.06 bits per heavy atom. The fourth-order valence-corrected chi connectivity index (χ4v) is 4.17. The van der Waals surface area contributed by atoms with Crippen LogP contribution in [0.1, 0.15) is 27.9 Å². The molecule has 0 aliphatic carbocycles. The summed E-state index contributed by atoms with van der Waals surface area (Å²) in [6.45, 7) is 0.392. The van der Waals surface area contributed by atoms with Gasteiger partial charge in [-0.2, -0.15) is 0 Å². The molecule has 1 atom stereocenters. The van der Waals surface area contributed by atoms with Crippen molar-refractivity contribution in [3.05, 3.63) is 83.4 Å². The molecule has 2 aliphatic heterocycles. The molecule has 162 valence electrons. The number of Topliss-reactive ketones (excluding diaryl/α,β-unsaturated/α-hetero) is 1. The third-order valence-electron chi connectivity index (χ3n) is 5.85. The normalized spacial score (nSPS) is 18.6. The minimum atomic E-state index is -1.94. The molecule has 2 heterocycles. The highest BCUT2D eigenvalue weighted by molar-refractivity contribution is 6.10. The van der Waals surface area contributed by atoms with E-state index in [9.17, 15) is 14.7 Å². The van der Waals surface area contributed by atoms with Crippen molar-refractivity contribution in [3.8, 4) is 17.2 Å². The van der Waals surface area contributed by atoms with E-state index in [1.807, 2.05) is 12.1 Å². The Bertz CT molecular complexity index is 1210. The van der Waals surface area contributed by atoms with Gasteiger partial charge in [-0.3, -0.25) is 9.59 Å². The molecule has 1 amide bonds. The lowest BCUT2D eigenvalue weighted by molar-refractivity contribution is -0.136. The van der Waals surface area contributed by atoms with Gasteiger partial charge in [-0.1, -0.05) is 24.3 Å². The summed E-state index contributed by atoms with van der Waals surface area (Å²) in [6, 6.07) is 19.1. The topological polar surface area (TPSA) is 85.3 Å². The predicted molar refractivity (Wildman–Crippen MR) is 116 cm³/mol. The maximum Gasteiger partial charge on any atom is 0.264 e. The molecule has 0 spiro atoms. The van der Waals surface area contributed by atoms with Crippen LogP contribution in [0.4, 0.5) is 5.69 Å². The van der Waals surface area contributed by atoms with Crippen LogP contribution in [-0.4, -0.2) is 30.7 Å². The van der Waals surface area contributed by atoms with Gasteiger partial charge in [0.1, 0.15) is 5.75 Å². The molecule has 0 saturated carbocycles. The van der Waals surface area contributed by atoms with Crippen LogP contribution in [0.3, 0.4) is 0 Å². The minimum absolute atomic E-state index is 0.164. The smallest absolute Gasteiger partial charge is 0.264 e. The average Bonchev–Trinajstić information content (AvgIpc) is 3.36. The molecule has 0 radical (unpaired) electrons.